The third-order valence-electron chi connectivity index (χ3n) is 4.81. The predicted molar refractivity (Wildman–Crippen MR) is 78.7 cm³/mol. The molecule has 2 aliphatic rings. The average molecular weight is 268 g/mol. The van der Waals surface area contributed by atoms with Gasteiger partial charge in [0.05, 0.1) is 11.3 Å². The van der Waals surface area contributed by atoms with E-state index in [0.29, 0.717) is 5.92 Å². The van der Waals surface area contributed by atoms with Gasteiger partial charge in [-0.1, -0.05) is 29.8 Å². The van der Waals surface area contributed by atoms with Gasteiger partial charge in [-0.05, 0) is 38.7 Å². The monoisotopic (exact) mass is 268 g/mol. The highest BCUT2D eigenvalue weighted by Crippen LogP contribution is 2.51. The van der Waals surface area contributed by atoms with E-state index in [0.717, 1.165) is 25.1 Å². The van der Waals surface area contributed by atoms with E-state index in [9.17, 15) is 0 Å². The van der Waals surface area contributed by atoms with Crippen LogP contribution in [0.3, 0.4) is 0 Å². The first-order valence-corrected chi connectivity index (χ1v) is 7.50. The second-order valence-corrected chi connectivity index (χ2v) is 6.31. The van der Waals surface area contributed by atoms with Crippen molar-refractivity contribution in [1.29, 1.82) is 0 Å². The van der Waals surface area contributed by atoms with Crippen LogP contribution in [0.4, 0.5) is 0 Å². The number of aryl methyl sites for hydroxylation is 1. The fraction of sp³-hybridized carbons (Fsp3) is 0.471. The van der Waals surface area contributed by atoms with Crippen LogP contribution in [0.15, 0.2) is 30.3 Å². The lowest BCUT2D eigenvalue weighted by Gasteiger charge is -2.43. The number of nitrogens with one attached hydrogen (secondary N) is 1. The second kappa shape index (κ2) is 4.45. The van der Waals surface area contributed by atoms with Crippen LogP contribution in [-0.4, -0.2) is 22.4 Å². The number of H-pyrrole nitrogens is 1. The van der Waals surface area contributed by atoms with Gasteiger partial charge in [-0.15, -0.1) is 0 Å². The van der Waals surface area contributed by atoms with Crippen molar-refractivity contribution in [1.82, 2.24) is 10.2 Å². The molecule has 104 valence electrons. The Labute approximate surface area is 119 Å². The number of benzene rings is 1. The minimum absolute atomic E-state index is 0.208. The number of ether oxygens (including phenoxy) is 1. The van der Waals surface area contributed by atoms with E-state index in [4.69, 9.17) is 4.74 Å². The maximum atomic E-state index is 5.90. The Morgan fingerprint density at radius 1 is 1.25 bits per heavy atom. The molecule has 0 atom stereocenters. The van der Waals surface area contributed by atoms with Gasteiger partial charge in [0.2, 0.25) is 0 Å². The summed E-state index contributed by atoms with van der Waals surface area (Å²) in [6.07, 6.45) is 4.78. The molecule has 2 heterocycles. The van der Waals surface area contributed by atoms with E-state index < -0.39 is 0 Å². The third kappa shape index (κ3) is 1.97. The van der Waals surface area contributed by atoms with E-state index in [1.54, 1.807) is 0 Å². The van der Waals surface area contributed by atoms with Gasteiger partial charge in [-0.2, -0.15) is 5.10 Å². The first-order valence-electron chi connectivity index (χ1n) is 7.50. The number of aromatic amines is 1. The van der Waals surface area contributed by atoms with Crippen molar-refractivity contribution >= 4 is 0 Å². The second-order valence-electron chi connectivity index (χ2n) is 6.31. The topological polar surface area (TPSA) is 37.9 Å². The van der Waals surface area contributed by atoms with Crippen LogP contribution < -0.4 is 0 Å². The average Bonchev–Trinajstić information content (AvgIpc) is 3.07. The molecule has 1 aromatic heterocycles. The molecule has 2 aromatic rings. The van der Waals surface area contributed by atoms with Gasteiger partial charge in [0, 0.05) is 23.8 Å². The van der Waals surface area contributed by atoms with Gasteiger partial charge in [-0.3, -0.25) is 5.10 Å². The molecule has 1 aromatic carbocycles. The zero-order valence-electron chi connectivity index (χ0n) is 11.9. The van der Waals surface area contributed by atoms with E-state index >= 15 is 0 Å². The summed E-state index contributed by atoms with van der Waals surface area (Å²) in [5, 5.41) is 7.69. The Morgan fingerprint density at radius 3 is 2.75 bits per heavy atom. The van der Waals surface area contributed by atoms with Crippen molar-refractivity contribution in [2.75, 3.05) is 6.61 Å². The molecule has 1 aliphatic carbocycles. The van der Waals surface area contributed by atoms with Crippen molar-refractivity contribution in [2.24, 2.45) is 0 Å². The summed E-state index contributed by atoms with van der Waals surface area (Å²) < 4.78 is 5.90. The smallest absolute Gasteiger partial charge is 0.0923 e. The number of hydrogen-bond acceptors (Lipinski definition) is 2. The summed E-state index contributed by atoms with van der Waals surface area (Å²) in [5.41, 5.74) is 4.99. The highest BCUT2D eigenvalue weighted by Gasteiger charge is 2.48. The van der Waals surface area contributed by atoms with Crippen LogP contribution in [0.5, 0.6) is 0 Å². The van der Waals surface area contributed by atoms with Crippen LogP contribution in [0.1, 0.15) is 42.9 Å². The molecular weight excluding hydrogens is 248 g/mol. The Bertz CT molecular complexity index is 600. The Morgan fingerprint density at radius 2 is 2.05 bits per heavy atom. The van der Waals surface area contributed by atoms with E-state index in [-0.39, 0.29) is 5.60 Å². The number of hydrogen-bond donors (Lipinski definition) is 1. The number of rotatable bonds is 2. The molecule has 0 unspecified atom stereocenters. The Hall–Kier alpha value is -1.61. The van der Waals surface area contributed by atoms with Crippen molar-refractivity contribution in [3.63, 3.8) is 0 Å². The quantitative estimate of drug-likeness (QED) is 0.899. The summed E-state index contributed by atoms with van der Waals surface area (Å²) in [6, 6.07) is 10.7. The lowest BCUT2D eigenvalue weighted by molar-refractivity contribution is -0.0703. The fourth-order valence-electron chi connectivity index (χ4n) is 3.55. The largest absolute Gasteiger partial charge is 0.375 e. The molecule has 1 aliphatic heterocycles. The summed E-state index contributed by atoms with van der Waals surface area (Å²) in [5.74, 6) is 0.597. The van der Waals surface area contributed by atoms with Gasteiger partial charge in [0.1, 0.15) is 0 Å². The minimum atomic E-state index is 0.208. The molecule has 1 N–H and O–H groups in total. The number of nitrogens with zero attached hydrogens (tertiary/aromatic N) is 1. The highest BCUT2D eigenvalue weighted by molar-refractivity contribution is 5.59. The molecule has 0 amide bonds. The maximum Gasteiger partial charge on any atom is 0.0923 e. The molecule has 3 heteroatoms. The molecule has 20 heavy (non-hydrogen) atoms. The van der Waals surface area contributed by atoms with Crippen molar-refractivity contribution < 1.29 is 4.74 Å². The van der Waals surface area contributed by atoms with Crippen LogP contribution in [0.25, 0.3) is 11.3 Å². The standard InChI is InChI=1S/C17H20N2O/c1-12-3-5-13(6-4-12)15-9-16(19-18-15)14-10-17(11-14)7-2-8-20-17/h3-6,9,14H,2,7-8,10-11H2,1H3,(H,18,19). The molecule has 1 saturated heterocycles. The molecule has 1 spiro atoms. The Balaban J connectivity index is 1.50. The van der Waals surface area contributed by atoms with E-state index in [2.05, 4.69) is 47.5 Å². The molecule has 0 radical (unpaired) electrons. The summed E-state index contributed by atoms with van der Waals surface area (Å²) in [6.45, 7) is 3.06. The van der Waals surface area contributed by atoms with E-state index in [1.165, 1.54) is 29.7 Å². The van der Waals surface area contributed by atoms with Crippen LogP contribution in [0.2, 0.25) is 0 Å². The fourth-order valence-corrected chi connectivity index (χ4v) is 3.55. The number of aromatic nitrogens is 2. The third-order valence-corrected chi connectivity index (χ3v) is 4.81. The molecule has 1 saturated carbocycles. The summed E-state index contributed by atoms with van der Waals surface area (Å²) in [7, 11) is 0. The first-order chi connectivity index (χ1) is 9.74. The molecule has 4 rings (SSSR count). The molecule has 2 fully saturated rings. The van der Waals surface area contributed by atoms with Crippen molar-refractivity contribution in [2.45, 2.75) is 44.1 Å². The van der Waals surface area contributed by atoms with E-state index in [1.807, 2.05) is 0 Å². The SMILES string of the molecule is Cc1ccc(-c2cc(C3CC4(CCCO4)C3)[nH]n2)cc1. The lowest BCUT2D eigenvalue weighted by atomic mass is 9.68. The summed E-state index contributed by atoms with van der Waals surface area (Å²) >= 11 is 0. The summed E-state index contributed by atoms with van der Waals surface area (Å²) in [4.78, 5) is 0. The van der Waals surface area contributed by atoms with Gasteiger partial charge >= 0.3 is 0 Å². The van der Waals surface area contributed by atoms with Crippen molar-refractivity contribution in [3.8, 4) is 11.3 Å². The molecule has 0 bridgehead atoms. The zero-order chi connectivity index (χ0) is 13.6. The van der Waals surface area contributed by atoms with Crippen LogP contribution in [0, 0.1) is 6.92 Å². The van der Waals surface area contributed by atoms with Gasteiger partial charge in [0.15, 0.2) is 0 Å². The zero-order valence-corrected chi connectivity index (χ0v) is 11.9. The van der Waals surface area contributed by atoms with Crippen LogP contribution >= 0.6 is 0 Å². The van der Waals surface area contributed by atoms with Gasteiger partial charge in [-0.25, -0.2) is 0 Å². The molecular formula is C17H20N2O. The van der Waals surface area contributed by atoms with Gasteiger partial charge in [0.25, 0.3) is 0 Å². The first kappa shape index (κ1) is 12.2. The highest BCUT2D eigenvalue weighted by atomic mass is 16.5. The maximum absolute atomic E-state index is 5.90. The predicted octanol–water partition coefficient (Wildman–Crippen LogP) is 3.81. The normalized spacial score (nSPS) is 28.8. The lowest BCUT2D eigenvalue weighted by Crippen LogP contribution is -2.41. The minimum Gasteiger partial charge on any atom is -0.375 e. The Kier molecular flexibility index (Phi) is 2.71. The molecule has 3 nitrogen and oxygen atoms in total. The van der Waals surface area contributed by atoms with Gasteiger partial charge < -0.3 is 4.74 Å². The van der Waals surface area contributed by atoms with Crippen LogP contribution in [-0.2, 0) is 4.74 Å². The van der Waals surface area contributed by atoms with Crippen molar-refractivity contribution in [3.05, 3.63) is 41.6 Å².